The molecule has 9 atom stereocenters. The van der Waals surface area contributed by atoms with Crippen molar-refractivity contribution in [3.05, 3.63) is 52.6 Å². The van der Waals surface area contributed by atoms with E-state index in [2.05, 4.69) is 44.4 Å². The lowest BCUT2D eigenvalue weighted by atomic mass is 9.73. The number of esters is 2. The van der Waals surface area contributed by atoms with E-state index in [4.69, 9.17) is 23.7 Å². The first kappa shape index (κ1) is 52.4. The molecular weight excluding hydrogens is 865 g/mol. The summed E-state index contributed by atoms with van der Waals surface area (Å²) < 4.78 is 32.8. The molecule has 0 radical (unpaired) electrons. The number of hydrogen-bond donors (Lipinski definition) is 3. The highest BCUT2D eigenvalue weighted by molar-refractivity contribution is 5.89. The number of carbonyl (C=O) groups is 5. The van der Waals surface area contributed by atoms with Crippen molar-refractivity contribution in [2.45, 2.75) is 154 Å². The Labute approximate surface area is 392 Å². The summed E-state index contributed by atoms with van der Waals surface area (Å²) in [5.41, 5.74) is 0.239. The lowest BCUT2D eigenvalue weighted by Gasteiger charge is -2.45. The number of carbonyl (C=O) groups excluding carboxylic acids is 5. The van der Waals surface area contributed by atoms with Gasteiger partial charge in [-0.2, -0.15) is 4.98 Å². The summed E-state index contributed by atoms with van der Waals surface area (Å²) in [6.45, 7) is 10.3. The molecule has 2 aromatic heterocycles. The Balaban J connectivity index is 1.05. The van der Waals surface area contributed by atoms with Crippen molar-refractivity contribution in [2.24, 2.45) is 16.8 Å². The molecule has 3 heterocycles. The number of nitrogens with zero attached hydrogens (tertiary/aromatic N) is 5. The topological polar surface area (TPSA) is 235 Å². The Hall–Kier alpha value is -5.53. The normalized spacial score (nSPS) is 23.8. The number of imidazole rings is 1. The number of benzene rings is 1. The first-order chi connectivity index (χ1) is 32.2. The average molecular weight is 935 g/mol. The van der Waals surface area contributed by atoms with Crippen LogP contribution in [0, 0.1) is 11.8 Å². The molecule has 19 heteroatoms. The van der Waals surface area contributed by atoms with Crippen LogP contribution in [0.2, 0.25) is 0 Å². The first-order valence-corrected chi connectivity index (χ1v) is 23.7. The molecule has 2 fully saturated rings. The van der Waals surface area contributed by atoms with Gasteiger partial charge in [0.05, 0.1) is 42.9 Å². The van der Waals surface area contributed by atoms with Gasteiger partial charge in [0, 0.05) is 53.6 Å². The van der Waals surface area contributed by atoms with Gasteiger partial charge in [0.15, 0.2) is 23.5 Å². The van der Waals surface area contributed by atoms with Gasteiger partial charge >= 0.3 is 11.9 Å². The van der Waals surface area contributed by atoms with Crippen molar-refractivity contribution in [2.75, 3.05) is 33.9 Å². The fourth-order valence-electron chi connectivity index (χ4n) is 8.68. The number of ether oxygens (including phenoxy) is 5. The predicted octanol–water partition coefficient (Wildman–Crippen LogP) is 5.34. The number of amides is 2. The third-order valence-corrected chi connectivity index (χ3v) is 12.3. The monoisotopic (exact) mass is 935 g/mol. The molecule has 3 aromatic rings. The lowest BCUT2D eigenvalue weighted by Crippen LogP contribution is -2.59. The molecule has 368 valence electrons. The van der Waals surface area contributed by atoms with Crippen LogP contribution >= 0.6 is 0 Å². The van der Waals surface area contributed by atoms with Gasteiger partial charge in [-0.05, 0) is 69.4 Å². The van der Waals surface area contributed by atoms with Crippen LogP contribution in [-0.2, 0) is 42.9 Å². The summed E-state index contributed by atoms with van der Waals surface area (Å²) in [6, 6.07) is 8.34. The Morgan fingerprint density at radius 2 is 1.64 bits per heavy atom. The molecule has 1 aliphatic carbocycles. The molecule has 1 aromatic carbocycles. The highest BCUT2D eigenvalue weighted by Gasteiger charge is 2.49. The zero-order valence-electron chi connectivity index (χ0n) is 40.1. The summed E-state index contributed by atoms with van der Waals surface area (Å²) in [6.07, 6.45) is 6.02. The number of aliphatic imine (C=N–C) groups is 1. The van der Waals surface area contributed by atoms with E-state index in [1.54, 1.807) is 47.8 Å². The van der Waals surface area contributed by atoms with Crippen LogP contribution in [0.25, 0.3) is 11.2 Å². The second-order valence-electron chi connectivity index (χ2n) is 17.7. The lowest BCUT2D eigenvalue weighted by molar-refractivity contribution is -0.161. The zero-order chi connectivity index (χ0) is 48.5. The number of H-pyrrole nitrogens is 1. The maximum Gasteiger partial charge on any atom is 0.338 e. The fourth-order valence-corrected chi connectivity index (χ4v) is 8.68. The average Bonchev–Trinajstić information content (AvgIpc) is 3.88. The maximum absolute atomic E-state index is 13.1. The summed E-state index contributed by atoms with van der Waals surface area (Å²) in [5.74, 6) is -1.07. The minimum Gasteiger partial charge on any atom is -0.456 e. The second-order valence-corrected chi connectivity index (χ2v) is 17.7. The van der Waals surface area contributed by atoms with E-state index in [1.807, 2.05) is 13.0 Å². The Bertz CT molecular complexity index is 2180. The van der Waals surface area contributed by atoms with Crippen molar-refractivity contribution in [3.63, 3.8) is 0 Å². The molecule has 1 unspecified atom stereocenters. The Kier molecular flexibility index (Phi) is 20.5. The third kappa shape index (κ3) is 15.2. The summed E-state index contributed by atoms with van der Waals surface area (Å²) >= 11 is 0. The Morgan fingerprint density at radius 3 is 2.34 bits per heavy atom. The minimum absolute atomic E-state index is 0.0186. The first-order valence-electron chi connectivity index (χ1n) is 23.7. The van der Waals surface area contributed by atoms with E-state index < -0.39 is 54.2 Å². The van der Waals surface area contributed by atoms with Crippen molar-refractivity contribution in [1.29, 1.82) is 0 Å². The second kappa shape index (κ2) is 26.1. The van der Waals surface area contributed by atoms with Gasteiger partial charge in [0.25, 0.3) is 5.56 Å². The third-order valence-electron chi connectivity index (χ3n) is 12.3. The van der Waals surface area contributed by atoms with Crippen LogP contribution in [0.15, 0.2) is 46.4 Å². The molecule has 2 aliphatic rings. The summed E-state index contributed by atoms with van der Waals surface area (Å²) in [7, 11) is 3.57. The predicted molar refractivity (Wildman–Crippen MR) is 250 cm³/mol. The number of rotatable bonds is 26. The smallest absolute Gasteiger partial charge is 0.338 e. The molecule has 1 aliphatic heterocycles. The molecule has 1 saturated heterocycles. The molecule has 0 bridgehead atoms. The van der Waals surface area contributed by atoms with Gasteiger partial charge in [-0.3, -0.25) is 28.7 Å². The number of ketones is 1. The van der Waals surface area contributed by atoms with Crippen molar-refractivity contribution in [3.8, 4) is 0 Å². The molecular formula is C48H70N8O11. The highest BCUT2D eigenvalue weighted by Crippen LogP contribution is 2.38. The number of Topliss-reactive ketones (excluding diaryl/α,β-unsaturated/α-hetero) is 1. The van der Waals surface area contributed by atoms with Crippen LogP contribution in [0.1, 0.15) is 128 Å². The van der Waals surface area contributed by atoms with E-state index in [9.17, 15) is 28.8 Å². The summed E-state index contributed by atoms with van der Waals surface area (Å²) in [4.78, 5) is 93.0. The fraction of sp³-hybridized carbons (Fsp3) is 0.646. The summed E-state index contributed by atoms with van der Waals surface area (Å²) in [5, 5.41) is 6.02. The largest absolute Gasteiger partial charge is 0.456 e. The maximum atomic E-state index is 13.1. The number of fused-ring (bicyclic) bond motifs is 1. The number of aromatic amines is 1. The van der Waals surface area contributed by atoms with Crippen LogP contribution < -0.4 is 16.2 Å². The standard InChI is InChI=1S/C48H70N8O11/c1-8-33-27-36(39(52-32(5)58)41(31(33)4)67-47(62)34-19-13-12-14-20-34)63-25-18-15-21-37(59)49-24-16-10-11-17-26-64-42-35(9-2)65-46(43(42)66-38(60)23-22-30(3)57)56-29-50-40-44(56)53-48(54-45(40)61)51-28-55(6)7/h12-14,19-20,28-29,31,33,35-36,39,41-43,46H,8-11,15-18,21-27H2,1-7H3,(H,49,59)(H,52,58)(H,53,54,61)/t31-,33-,35+,36+,39-,41-,42?,43-,46+/m0/s1. The van der Waals surface area contributed by atoms with E-state index in [0.717, 1.165) is 32.1 Å². The number of hydrogen-bond acceptors (Lipinski definition) is 14. The van der Waals surface area contributed by atoms with E-state index in [1.165, 1.54) is 26.5 Å². The van der Waals surface area contributed by atoms with Gasteiger partial charge in [-0.1, -0.05) is 58.2 Å². The van der Waals surface area contributed by atoms with Crippen molar-refractivity contribution < 1.29 is 47.7 Å². The molecule has 0 spiro atoms. The number of unbranched alkanes of at least 4 members (excludes halogenated alkanes) is 4. The van der Waals surface area contributed by atoms with E-state index in [-0.39, 0.29) is 65.5 Å². The zero-order valence-corrected chi connectivity index (χ0v) is 40.1. The SMILES string of the molecule is CC[C@H]1C[C@@H](OCCCCC(=O)NCCCCCCOC2[C@@H](CC)O[C@@H](n3cnc4c(=O)[nH]c(N=CN(C)C)nc43)[C@H]2OC(=O)CCC(C)=O)[C@H](NC(C)=O)[C@@H](OC(=O)c2ccccc2)[C@H]1C. The molecule has 67 heavy (non-hydrogen) atoms. The Morgan fingerprint density at radius 1 is 0.910 bits per heavy atom. The molecule has 1 saturated carbocycles. The van der Waals surface area contributed by atoms with Gasteiger partial charge in [-0.15, -0.1) is 0 Å². The molecule has 2 amide bonds. The van der Waals surface area contributed by atoms with E-state index >= 15 is 0 Å². The molecule has 5 rings (SSSR count). The molecule has 19 nitrogen and oxygen atoms in total. The van der Waals surface area contributed by atoms with Crippen LogP contribution in [0.5, 0.6) is 0 Å². The quantitative estimate of drug-likeness (QED) is 0.0399. The van der Waals surface area contributed by atoms with Gasteiger partial charge in [0.1, 0.15) is 18.0 Å². The van der Waals surface area contributed by atoms with Crippen LogP contribution in [0.4, 0.5) is 5.95 Å². The van der Waals surface area contributed by atoms with Crippen molar-refractivity contribution >= 4 is 53.0 Å². The van der Waals surface area contributed by atoms with Crippen molar-refractivity contribution in [1.82, 2.24) is 35.1 Å². The van der Waals surface area contributed by atoms with Gasteiger partial charge in [-0.25, -0.2) is 14.8 Å². The van der Waals surface area contributed by atoms with Gasteiger partial charge in [0.2, 0.25) is 17.8 Å². The highest BCUT2D eigenvalue weighted by atomic mass is 16.6. The van der Waals surface area contributed by atoms with Crippen LogP contribution in [0.3, 0.4) is 0 Å². The van der Waals surface area contributed by atoms with Gasteiger partial charge < -0.3 is 44.0 Å². The molecule has 3 N–H and O–H groups in total. The number of nitrogens with one attached hydrogen (secondary N) is 3. The minimum atomic E-state index is -0.924. The van der Waals surface area contributed by atoms with E-state index in [0.29, 0.717) is 57.4 Å². The van der Waals surface area contributed by atoms with Crippen LogP contribution in [-0.4, -0.2) is 131 Å². The number of aromatic nitrogens is 4.